The van der Waals surface area contributed by atoms with E-state index < -0.39 is 34.2 Å². The minimum absolute atomic E-state index is 0.0587. The summed E-state index contributed by atoms with van der Waals surface area (Å²) in [7, 11) is -2.15. The van der Waals surface area contributed by atoms with Gasteiger partial charge in [0.25, 0.3) is 5.91 Å². The largest absolute Gasteiger partial charge is 0.453 e. The first-order chi connectivity index (χ1) is 17.7. The molecule has 0 aliphatic heterocycles. The van der Waals surface area contributed by atoms with Gasteiger partial charge in [-0.3, -0.25) is 15.4 Å². The summed E-state index contributed by atoms with van der Waals surface area (Å²) in [6.45, 7) is 0. The highest BCUT2D eigenvalue weighted by Gasteiger charge is 2.21. The maximum absolute atomic E-state index is 12.9. The fourth-order valence-corrected chi connectivity index (χ4v) is 3.75. The summed E-state index contributed by atoms with van der Waals surface area (Å²) < 4.78 is 40.0. The number of rotatable bonds is 6. The van der Waals surface area contributed by atoms with Crippen LogP contribution in [0.1, 0.15) is 10.4 Å². The molecular formula is C24H22N4O8S. The van der Waals surface area contributed by atoms with Gasteiger partial charge in [0.05, 0.1) is 25.6 Å². The minimum atomic E-state index is -4.33. The normalized spacial score (nSPS) is 10.4. The van der Waals surface area contributed by atoms with E-state index in [1.165, 1.54) is 24.3 Å². The SMILES string of the molecule is COC(=O)NC(=Nc1cc(S(=O)(=O)Oc2ccccc2)ccc1NC(=O)c1ccccc1)NC(=O)OC. The lowest BCUT2D eigenvalue weighted by atomic mass is 10.2. The Kier molecular flexibility index (Phi) is 8.78. The highest BCUT2D eigenvalue weighted by molar-refractivity contribution is 7.87. The molecule has 0 aliphatic carbocycles. The molecule has 3 rings (SSSR count). The number of hydrogen-bond donors (Lipinski definition) is 3. The fourth-order valence-electron chi connectivity index (χ4n) is 2.80. The number of benzene rings is 3. The molecule has 0 fully saturated rings. The lowest BCUT2D eigenvalue weighted by Crippen LogP contribution is -2.43. The van der Waals surface area contributed by atoms with Gasteiger partial charge in [-0.1, -0.05) is 36.4 Å². The molecule has 12 nitrogen and oxygen atoms in total. The Bertz CT molecular complexity index is 1390. The second-order valence-electron chi connectivity index (χ2n) is 7.04. The van der Waals surface area contributed by atoms with Crippen LogP contribution in [-0.2, 0) is 19.6 Å². The first-order valence-electron chi connectivity index (χ1n) is 10.5. The average molecular weight is 527 g/mol. The number of amides is 3. The van der Waals surface area contributed by atoms with Crippen LogP contribution in [0.2, 0.25) is 0 Å². The molecule has 0 unspecified atom stereocenters. The third-order valence-electron chi connectivity index (χ3n) is 4.54. The fraction of sp³-hybridized carbons (Fsp3) is 0.0833. The van der Waals surface area contributed by atoms with Gasteiger partial charge in [0.1, 0.15) is 10.6 Å². The van der Waals surface area contributed by atoms with Gasteiger partial charge in [0, 0.05) is 5.56 Å². The first kappa shape index (κ1) is 26.7. The van der Waals surface area contributed by atoms with Gasteiger partial charge >= 0.3 is 22.3 Å². The van der Waals surface area contributed by atoms with E-state index >= 15 is 0 Å². The van der Waals surface area contributed by atoms with Crippen molar-refractivity contribution in [3.8, 4) is 5.75 Å². The summed E-state index contributed by atoms with van der Waals surface area (Å²) in [6, 6.07) is 19.6. The highest BCUT2D eigenvalue weighted by Crippen LogP contribution is 2.30. The Morgan fingerprint density at radius 2 is 1.35 bits per heavy atom. The maximum Gasteiger partial charge on any atom is 0.413 e. The van der Waals surface area contributed by atoms with Crippen LogP contribution < -0.4 is 20.1 Å². The zero-order chi connectivity index (χ0) is 26.8. The molecule has 0 saturated heterocycles. The Balaban J connectivity index is 2.07. The standard InChI is InChI=1S/C24H22N4O8S/c1-34-23(30)27-22(28-24(31)35-2)26-20-15-18(37(32,33)36-17-11-7-4-8-12-17)13-14-19(20)25-21(29)16-9-5-3-6-10-16/h3-15H,1-2H3,(H,25,29)(H2,26,27,28,30,31). The molecule has 3 N–H and O–H groups in total. The predicted molar refractivity (Wildman–Crippen MR) is 133 cm³/mol. The number of para-hydroxylation sites is 1. The van der Waals surface area contributed by atoms with Gasteiger partial charge < -0.3 is 19.0 Å². The number of ether oxygens (including phenoxy) is 2. The second kappa shape index (κ2) is 12.2. The molecule has 3 aromatic rings. The van der Waals surface area contributed by atoms with Gasteiger partial charge in [-0.25, -0.2) is 14.6 Å². The van der Waals surface area contributed by atoms with Crippen molar-refractivity contribution in [3.05, 3.63) is 84.4 Å². The van der Waals surface area contributed by atoms with E-state index in [-0.39, 0.29) is 22.0 Å². The van der Waals surface area contributed by atoms with Crippen molar-refractivity contribution in [1.82, 2.24) is 10.6 Å². The number of nitrogens with zero attached hydrogens (tertiary/aromatic N) is 1. The molecule has 0 heterocycles. The van der Waals surface area contributed by atoms with Crippen LogP contribution in [0.3, 0.4) is 0 Å². The van der Waals surface area contributed by atoms with Gasteiger partial charge in [-0.15, -0.1) is 0 Å². The van der Waals surface area contributed by atoms with Crippen LogP contribution in [0.4, 0.5) is 21.0 Å². The number of alkyl carbamates (subject to hydrolysis) is 2. The molecule has 3 amide bonds. The van der Waals surface area contributed by atoms with E-state index in [9.17, 15) is 22.8 Å². The summed E-state index contributed by atoms with van der Waals surface area (Å²) in [6.07, 6.45) is -1.97. The number of carbonyl (C=O) groups excluding carboxylic acids is 3. The van der Waals surface area contributed by atoms with Gasteiger partial charge in [0.15, 0.2) is 0 Å². The number of carbonyl (C=O) groups is 3. The Labute approximate surface area is 212 Å². The molecule has 0 spiro atoms. The van der Waals surface area contributed by atoms with Crippen molar-refractivity contribution < 1.29 is 36.5 Å². The number of nitrogens with one attached hydrogen (secondary N) is 3. The molecule has 192 valence electrons. The molecule has 0 atom stereocenters. The molecule has 0 bridgehead atoms. The van der Waals surface area contributed by atoms with Crippen LogP contribution in [0.25, 0.3) is 0 Å². The number of anilines is 1. The monoisotopic (exact) mass is 526 g/mol. The van der Waals surface area contributed by atoms with Crippen molar-refractivity contribution in [1.29, 1.82) is 0 Å². The summed E-state index contributed by atoms with van der Waals surface area (Å²) in [5.74, 6) is -0.904. The Morgan fingerprint density at radius 1 is 0.784 bits per heavy atom. The van der Waals surface area contributed by atoms with Crippen LogP contribution in [-0.4, -0.2) is 46.7 Å². The second-order valence-corrected chi connectivity index (χ2v) is 8.59. The van der Waals surface area contributed by atoms with E-state index in [1.54, 1.807) is 48.5 Å². The molecule has 0 saturated carbocycles. The quantitative estimate of drug-likeness (QED) is 0.250. The van der Waals surface area contributed by atoms with Crippen molar-refractivity contribution >= 4 is 45.5 Å². The van der Waals surface area contributed by atoms with Crippen molar-refractivity contribution in [2.24, 2.45) is 4.99 Å². The van der Waals surface area contributed by atoms with Gasteiger partial charge in [0.2, 0.25) is 5.96 Å². The lowest BCUT2D eigenvalue weighted by Gasteiger charge is -2.13. The van der Waals surface area contributed by atoms with E-state index in [2.05, 4.69) is 30.4 Å². The average Bonchev–Trinajstić information content (AvgIpc) is 2.90. The van der Waals surface area contributed by atoms with Gasteiger partial charge in [-0.05, 0) is 42.5 Å². The minimum Gasteiger partial charge on any atom is -0.453 e. The summed E-state index contributed by atoms with van der Waals surface area (Å²) in [5, 5.41) is 6.97. The molecule has 0 aliphatic rings. The number of hydrogen-bond acceptors (Lipinski definition) is 9. The zero-order valence-electron chi connectivity index (χ0n) is 19.6. The van der Waals surface area contributed by atoms with Gasteiger partial charge in [-0.2, -0.15) is 8.42 Å². The zero-order valence-corrected chi connectivity index (χ0v) is 20.4. The van der Waals surface area contributed by atoms with Crippen LogP contribution >= 0.6 is 0 Å². The third kappa shape index (κ3) is 7.53. The smallest absolute Gasteiger partial charge is 0.413 e. The third-order valence-corrected chi connectivity index (χ3v) is 5.78. The lowest BCUT2D eigenvalue weighted by molar-refractivity contribution is 0.102. The Morgan fingerprint density at radius 3 is 1.92 bits per heavy atom. The van der Waals surface area contributed by atoms with Crippen molar-refractivity contribution in [2.45, 2.75) is 4.90 Å². The van der Waals surface area contributed by atoms with Crippen molar-refractivity contribution in [2.75, 3.05) is 19.5 Å². The molecule has 37 heavy (non-hydrogen) atoms. The Hall–Kier alpha value is -4.91. The van der Waals surface area contributed by atoms with Crippen LogP contribution in [0, 0.1) is 0 Å². The van der Waals surface area contributed by atoms with Crippen molar-refractivity contribution in [3.63, 3.8) is 0 Å². The number of methoxy groups -OCH3 is 2. The summed E-state index contributed by atoms with van der Waals surface area (Å²) in [4.78, 5) is 40.1. The molecule has 0 aromatic heterocycles. The van der Waals surface area contributed by atoms with Crippen LogP contribution in [0.15, 0.2) is 88.8 Å². The summed E-state index contributed by atoms with van der Waals surface area (Å²) >= 11 is 0. The van der Waals surface area contributed by atoms with Crippen LogP contribution in [0.5, 0.6) is 5.75 Å². The molecular weight excluding hydrogens is 504 g/mol. The topological polar surface area (TPSA) is 161 Å². The van der Waals surface area contributed by atoms with E-state index in [0.717, 1.165) is 20.3 Å². The maximum atomic E-state index is 12.9. The van der Waals surface area contributed by atoms with E-state index in [1.807, 2.05) is 0 Å². The number of aliphatic imine (C=N–C) groups is 1. The van der Waals surface area contributed by atoms with E-state index in [4.69, 9.17) is 4.18 Å². The molecule has 0 radical (unpaired) electrons. The predicted octanol–water partition coefficient (Wildman–Crippen LogP) is 3.41. The summed E-state index contributed by atoms with van der Waals surface area (Å²) in [5.41, 5.74) is 0.232. The molecule has 13 heteroatoms. The van der Waals surface area contributed by atoms with E-state index in [0.29, 0.717) is 5.56 Å². The highest BCUT2D eigenvalue weighted by atomic mass is 32.2. The number of guanidine groups is 1. The molecule has 3 aromatic carbocycles. The first-order valence-corrected chi connectivity index (χ1v) is 11.9.